The molecule has 2 aliphatic rings. The third-order valence-electron chi connectivity index (χ3n) is 6.31. The van der Waals surface area contributed by atoms with Gasteiger partial charge >= 0.3 is 0 Å². The molecule has 3 aromatic carbocycles. The van der Waals surface area contributed by atoms with Crippen LogP contribution in [-0.4, -0.2) is 28.2 Å². The van der Waals surface area contributed by atoms with Gasteiger partial charge < -0.3 is 9.94 Å². The first-order valence-electron chi connectivity index (χ1n) is 10.5. The van der Waals surface area contributed by atoms with Crippen LogP contribution in [0.2, 0.25) is 0 Å². The molecule has 0 saturated carbocycles. The van der Waals surface area contributed by atoms with Crippen molar-refractivity contribution in [2.45, 2.75) is 18.8 Å². The van der Waals surface area contributed by atoms with Crippen LogP contribution in [0.3, 0.4) is 0 Å². The van der Waals surface area contributed by atoms with Crippen molar-refractivity contribution >= 4 is 33.3 Å². The molecule has 1 saturated heterocycles. The molecule has 2 atom stereocenters. The summed E-state index contributed by atoms with van der Waals surface area (Å²) in [6.45, 7) is 0. The zero-order valence-corrected chi connectivity index (χ0v) is 18.4. The Morgan fingerprint density at radius 3 is 2.44 bits per heavy atom. The zero-order valence-electron chi connectivity index (χ0n) is 17.6. The van der Waals surface area contributed by atoms with E-state index in [0.29, 0.717) is 16.5 Å². The van der Waals surface area contributed by atoms with Crippen LogP contribution in [0.1, 0.15) is 33.8 Å². The van der Waals surface area contributed by atoms with Gasteiger partial charge in [-0.05, 0) is 48.2 Å². The molecular formula is C26H22N2O3S. The molecule has 0 aromatic heterocycles. The molecule has 160 valence electrons. The van der Waals surface area contributed by atoms with E-state index in [4.69, 9.17) is 9.73 Å². The molecule has 1 N–H and O–H groups in total. The average Bonchev–Trinajstić information content (AvgIpc) is 3.16. The molecule has 32 heavy (non-hydrogen) atoms. The largest absolute Gasteiger partial charge is 0.497 e. The van der Waals surface area contributed by atoms with Crippen molar-refractivity contribution in [3.8, 4) is 5.75 Å². The first-order chi connectivity index (χ1) is 15.7. The number of para-hydroxylation sites is 1. The van der Waals surface area contributed by atoms with Gasteiger partial charge in [0.25, 0.3) is 0 Å². The molecule has 0 radical (unpaired) electrons. The molecule has 1 spiro atoms. The molecule has 1 heterocycles. The van der Waals surface area contributed by atoms with Gasteiger partial charge in [0.05, 0.1) is 29.2 Å². The van der Waals surface area contributed by atoms with Gasteiger partial charge in [-0.25, -0.2) is 4.99 Å². The molecular weight excluding hydrogens is 420 g/mol. The highest BCUT2D eigenvalue weighted by Gasteiger charge is 2.59. The average molecular weight is 443 g/mol. The van der Waals surface area contributed by atoms with Crippen molar-refractivity contribution in [3.05, 3.63) is 95.6 Å². The minimum Gasteiger partial charge on any atom is -0.497 e. The van der Waals surface area contributed by atoms with Crippen LogP contribution in [0.25, 0.3) is 0 Å². The Morgan fingerprint density at radius 1 is 1.00 bits per heavy atom. The molecule has 1 aliphatic heterocycles. The van der Waals surface area contributed by atoms with E-state index in [1.165, 1.54) is 11.8 Å². The normalized spacial score (nSPS) is 24.8. The number of carbonyl (C=O) groups excluding carboxylic acids is 1. The molecule has 0 bridgehead atoms. The fourth-order valence-corrected chi connectivity index (χ4v) is 6.09. The van der Waals surface area contributed by atoms with Crippen molar-refractivity contribution in [1.29, 1.82) is 0 Å². The summed E-state index contributed by atoms with van der Waals surface area (Å²) in [6.07, 6.45) is 1.35. The molecule has 5 rings (SSSR count). The van der Waals surface area contributed by atoms with E-state index in [2.05, 4.69) is 5.16 Å². The van der Waals surface area contributed by atoms with Gasteiger partial charge in [0.15, 0.2) is 5.78 Å². The van der Waals surface area contributed by atoms with Crippen molar-refractivity contribution < 1.29 is 14.7 Å². The Labute approximate surface area is 190 Å². The fourth-order valence-electron chi connectivity index (χ4n) is 4.75. The van der Waals surface area contributed by atoms with E-state index >= 15 is 0 Å². The van der Waals surface area contributed by atoms with Crippen LogP contribution in [-0.2, 0) is 6.42 Å². The summed E-state index contributed by atoms with van der Waals surface area (Å²) in [5.41, 5.74) is 2.52. The summed E-state index contributed by atoms with van der Waals surface area (Å²) in [5.74, 6) is 0.335. The van der Waals surface area contributed by atoms with Crippen LogP contribution in [0.15, 0.2) is 89.0 Å². The van der Waals surface area contributed by atoms with Gasteiger partial charge in [0.2, 0.25) is 0 Å². The topological polar surface area (TPSA) is 71.2 Å². The Bertz CT molecular complexity index is 1220. The molecule has 1 fully saturated rings. The summed E-state index contributed by atoms with van der Waals surface area (Å²) in [5, 5.41) is 14.8. The van der Waals surface area contributed by atoms with Crippen LogP contribution in [0.5, 0.6) is 5.75 Å². The molecule has 3 aromatic rings. The zero-order chi connectivity index (χ0) is 22.1. The first kappa shape index (κ1) is 20.5. The number of hydrogen-bond donors (Lipinski definition) is 1. The number of Topliss-reactive ketones (excluding diaryl/α,β-unsaturated/α-hetero) is 1. The van der Waals surface area contributed by atoms with E-state index in [1.807, 2.05) is 78.9 Å². The number of oxime groups is 1. The maximum atomic E-state index is 14.2. The Morgan fingerprint density at radius 2 is 1.72 bits per heavy atom. The van der Waals surface area contributed by atoms with Crippen molar-refractivity contribution in [1.82, 2.24) is 0 Å². The number of hydrogen-bond acceptors (Lipinski definition) is 6. The van der Waals surface area contributed by atoms with Gasteiger partial charge in [-0.1, -0.05) is 71.5 Å². The number of aryl methyl sites for hydroxylation is 1. The van der Waals surface area contributed by atoms with E-state index in [0.717, 1.165) is 34.5 Å². The standard InChI is InChI=1S/C26H22N2O3S/c1-31-20-13-11-18(12-14-20)22-24(28-30)32-25(27-19-8-3-2-4-9-19)26(22)16-15-17-7-5-6-10-21(17)23(26)29/h2-14,22,30H,15-16H2,1H3/b27-25?,28-24-/t22-,26-/m0/s1. The third-order valence-corrected chi connectivity index (χ3v) is 7.49. The number of nitrogens with zero attached hydrogens (tertiary/aromatic N) is 2. The molecule has 5 nitrogen and oxygen atoms in total. The summed E-state index contributed by atoms with van der Waals surface area (Å²) in [4.78, 5) is 19.1. The lowest BCUT2D eigenvalue weighted by Gasteiger charge is -2.37. The highest BCUT2D eigenvalue weighted by Crippen LogP contribution is 2.57. The van der Waals surface area contributed by atoms with Crippen molar-refractivity contribution in [3.63, 3.8) is 0 Å². The minimum atomic E-state index is -0.926. The van der Waals surface area contributed by atoms with Gasteiger partial charge in [0.1, 0.15) is 10.8 Å². The van der Waals surface area contributed by atoms with Crippen molar-refractivity contribution in [2.24, 2.45) is 15.6 Å². The highest BCUT2D eigenvalue weighted by atomic mass is 32.2. The van der Waals surface area contributed by atoms with Gasteiger partial charge in [-0.3, -0.25) is 4.79 Å². The summed E-state index contributed by atoms with van der Waals surface area (Å²) in [7, 11) is 1.62. The predicted molar refractivity (Wildman–Crippen MR) is 128 cm³/mol. The lowest BCUT2D eigenvalue weighted by atomic mass is 9.62. The maximum absolute atomic E-state index is 14.2. The van der Waals surface area contributed by atoms with E-state index in [1.54, 1.807) is 7.11 Å². The highest BCUT2D eigenvalue weighted by molar-refractivity contribution is 8.27. The lowest BCUT2D eigenvalue weighted by molar-refractivity contribution is 0.0843. The Balaban J connectivity index is 1.73. The van der Waals surface area contributed by atoms with Gasteiger partial charge in [-0.15, -0.1) is 0 Å². The van der Waals surface area contributed by atoms with E-state index < -0.39 is 11.3 Å². The number of benzene rings is 3. The molecule has 6 heteroatoms. The monoisotopic (exact) mass is 442 g/mol. The van der Waals surface area contributed by atoms with Crippen LogP contribution >= 0.6 is 11.8 Å². The Kier molecular flexibility index (Phi) is 5.31. The number of ketones is 1. The number of thioether (sulfide) groups is 1. The third kappa shape index (κ3) is 3.22. The number of ether oxygens (including phenoxy) is 1. The second-order valence-electron chi connectivity index (χ2n) is 7.96. The molecule has 1 aliphatic carbocycles. The predicted octanol–water partition coefficient (Wildman–Crippen LogP) is 5.86. The SMILES string of the molecule is COc1ccc([C@H]2/C(=N/O)SC(=Nc3ccccc3)[C@@]23CCc2ccccc2C3=O)cc1. The van der Waals surface area contributed by atoms with Crippen LogP contribution < -0.4 is 4.74 Å². The summed E-state index contributed by atoms with van der Waals surface area (Å²) < 4.78 is 5.31. The second kappa shape index (κ2) is 8.28. The van der Waals surface area contributed by atoms with E-state index in [9.17, 15) is 10.0 Å². The number of methoxy groups -OCH3 is 1. The first-order valence-corrected chi connectivity index (χ1v) is 11.3. The summed E-state index contributed by atoms with van der Waals surface area (Å²) >= 11 is 1.30. The number of aliphatic imine (C=N–C) groups is 1. The smallest absolute Gasteiger partial charge is 0.176 e. The van der Waals surface area contributed by atoms with E-state index in [-0.39, 0.29) is 5.78 Å². The number of fused-ring (bicyclic) bond motifs is 1. The second-order valence-corrected chi connectivity index (χ2v) is 8.97. The minimum absolute atomic E-state index is 0.0287. The maximum Gasteiger partial charge on any atom is 0.176 e. The number of carbonyl (C=O) groups is 1. The van der Waals surface area contributed by atoms with Crippen LogP contribution in [0, 0.1) is 5.41 Å². The molecule has 0 unspecified atom stereocenters. The molecule has 0 amide bonds. The fraction of sp³-hybridized carbons (Fsp3) is 0.192. The van der Waals surface area contributed by atoms with Gasteiger partial charge in [0, 0.05) is 5.56 Å². The van der Waals surface area contributed by atoms with Crippen LogP contribution in [0.4, 0.5) is 5.69 Å². The van der Waals surface area contributed by atoms with Gasteiger partial charge in [-0.2, -0.15) is 0 Å². The lowest BCUT2D eigenvalue weighted by Crippen LogP contribution is -2.44. The quantitative estimate of drug-likeness (QED) is 0.407. The van der Waals surface area contributed by atoms with Crippen molar-refractivity contribution in [2.75, 3.05) is 7.11 Å². The summed E-state index contributed by atoms with van der Waals surface area (Å²) in [6, 6.07) is 25.0. The Hall–Kier alpha value is -3.38. The number of rotatable bonds is 3.